The van der Waals surface area contributed by atoms with Crippen LogP contribution in [-0.2, 0) is 0 Å². The molecule has 1 aromatic heterocycles. The van der Waals surface area contributed by atoms with Crippen LogP contribution in [0.15, 0.2) is 63.6 Å². The number of benzene rings is 1. The first-order valence-electron chi connectivity index (χ1n) is 10.8. The lowest BCUT2D eigenvalue weighted by Crippen LogP contribution is -2.49. The maximum absolute atomic E-state index is 11.9. The Balaban J connectivity index is 1.93. The summed E-state index contributed by atoms with van der Waals surface area (Å²) in [7, 11) is -2.05. The number of nitrogens with zero attached hydrogens (tertiary/aromatic N) is 1. The van der Waals surface area contributed by atoms with Gasteiger partial charge in [0.05, 0.1) is 11.3 Å². The Kier molecular flexibility index (Phi) is 5.86. The molecule has 2 aliphatic rings. The maximum atomic E-state index is 11.9. The van der Waals surface area contributed by atoms with Gasteiger partial charge in [-0.05, 0) is 63.7 Å². The second-order valence-corrected chi connectivity index (χ2v) is 13.8. The first-order valence-corrected chi connectivity index (χ1v) is 14.6. The molecule has 1 aliphatic carbocycles. The summed E-state index contributed by atoms with van der Waals surface area (Å²) in [5.41, 5.74) is 11.5. The number of fused-ring (bicyclic) bond motifs is 2. The van der Waals surface area contributed by atoms with Gasteiger partial charge in [-0.2, -0.15) is 0 Å². The van der Waals surface area contributed by atoms with Crippen LogP contribution < -0.4 is 10.9 Å². The predicted octanol–water partition coefficient (Wildman–Crippen LogP) is 5.43. The summed E-state index contributed by atoms with van der Waals surface area (Å²) in [4.78, 5) is 17.5. The molecule has 31 heavy (non-hydrogen) atoms. The zero-order valence-corrected chi connectivity index (χ0v) is 20.1. The van der Waals surface area contributed by atoms with E-state index in [1.165, 1.54) is 34.6 Å². The molecule has 3 N–H and O–H groups in total. The number of aliphatic imine (C=N–C) groups is 1. The van der Waals surface area contributed by atoms with E-state index in [-0.39, 0.29) is 0 Å². The van der Waals surface area contributed by atoms with Crippen LogP contribution in [0.25, 0.3) is 5.57 Å². The molecular weight excluding hydrogens is 420 g/mol. The van der Waals surface area contributed by atoms with Crippen molar-refractivity contribution in [2.24, 2.45) is 4.99 Å². The molecule has 0 spiro atoms. The predicted molar refractivity (Wildman–Crippen MR) is 134 cm³/mol. The highest BCUT2D eigenvalue weighted by Gasteiger charge is 2.40. The minimum atomic E-state index is -2.05. The number of carboxylic acid groups (broad SMARTS) is 1. The zero-order chi connectivity index (χ0) is 22.2. The average molecular weight is 449 g/mol. The fraction of sp³-hybridized carbons (Fsp3) is 0.280. The van der Waals surface area contributed by atoms with Crippen molar-refractivity contribution in [1.29, 1.82) is 0 Å². The summed E-state index contributed by atoms with van der Waals surface area (Å²) in [6.45, 7) is 7.72. The molecule has 0 saturated heterocycles. The standard InChI is InChI=1S/C25H28N2O2SSi/c1-4-5-6-12-27-17-8-10-19-22(15-17)31(2,3)21-14-16(26)7-9-18(21)23(19)24-20(25(28)29)11-13-30-24/h7-11,13-15H,4-6,12,26H2,1-3H3,(H,28,29)/b27-17-. The molecule has 0 amide bonds. The van der Waals surface area contributed by atoms with Gasteiger partial charge in [0.1, 0.15) is 8.07 Å². The fourth-order valence-electron chi connectivity index (χ4n) is 4.44. The van der Waals surface area contributed by atoms with Crippen LogP contribution in [0.5, 0.6) is 0 Å². The minimum Gasteiger partial charge on any atom is -0.478 e. The monoisotopic (exact) mass is 448 g/mol. The number of nitrogens with two attached hydrogens (primary N) is 1. The van der Waals surface area contributed by atoms with Crippen molar-refractivity contribution in [3.8, 4) is 0 Å². The fourth-order valence-corrected chi connectivity index (χ4v) is 8.49. The maximum Gasteiger partial charge on any atom is 0.337 e. The number of unbranched alkanes of at least 4 members (excludes halogenated alkanes) is 2. The number of carbonyl (C=O) groups is 1. The molecule has 2 heterocycles. The van der Waals surface area contributed by atoms with Gasteiger partial charge in [0, 0.05) is 22.7 Å². The number of rotatable bonds is 6. The summed E-state index contributed by atoms with van der Waals surface area (Å²) in [5, 5.41) is 14.2. The molecule has 6 heteroatoms. The molecule has 0 unspecified atom stereocenters. The number of carboxylic acids is 1. The van der Waals surface area contributed by atoms with E-state index in [0.717, 1.165) is 46.0 Å². The molecule has 1 aromatic carbocycles. The summed E-state index contributed by atoms with van der Waals surface area (Å²) in [5.74, 6) is -0.896. The Bertz CT molecular complexity index is 1170. The van der Waals surface area contributed by atoms with Crippen molar-refractivity contribution in [2.45, 2.75) is 39.3 Å². The lowest BCUT2D eigenvalue weighted by atomic mass is 9.92. The van der Waals surface area contributed by atoms with E-state index < -0.39 is 14.0 Å². The summed E-state index contributed by atoms with van der Waals surface area (Å²) < 4.78 is 0. The van der Waals surface area contributed by atoms with Crippen LogP contribution in [0.3, 0.4) is 0 Å². The highest BCUT2D eigenvalue weighted by Crippen LogP contribution is 2.43. The second kappa shape index (κ2) is 8.44. The van der Waals surface area contributed by atoms with Gasteiger partial charge in [-0.25, -0.2) is 4.79 Å². The number of hydrogen-bond donors (Lipinski definition) is 2. The van der Waals surface area contributed by atoms with Gasteiger partial charge in [0.15, 0.2) is 0 Å². The van der Waals surface area contributed by atoms with Gasteiger partial charge in [-0.3, -0.25) is 4.99 Å². The summed E-state index contributed by atoms with van der Waals surface area (Å²) in [6, 6.07) is 7.76. The molecule has 0 radical (unpaired) electrons. The van der Waals surface area contributed by atoms with Crippen molar-refractivity contribution in [2.75, 3.05) is 12.3 Å². The highest BCUT2D eigenvalue weighted by atomic mass is 32.1. The van der Waals surface area contributed by atoms with Crippen LogP contribution in [0.1, 0.15) is 47.0 Å². The van der Waals surface area contributed by atoms with Gasteiger partial charge in [-0.15, -0.1) is 11.3 Å². The third-order valence-electron chi connectivity index (χ3n) is 6.11. The molecule has 0 bridgehead atoms. The van der Waals surface area contributed by atoms with Crippen LogP contribution in [0.4, 0.5) is 5.69 Å². The molecule has 0 fully saturated rings. The Hall–Kier alpha value is -2.70. The van der Waals surface area contributed by atoms with Gasteiger partial charge in [0.2, 0.25) is 0 Å². The third-order valence-corrected chi connectivity index (χ3v) is 10.6. The van der Waals surface area contributed by atoms with Crippen LogP contribution in [-0.4, -0.2) is 31.4 Å². The topological polar surface area (TPSA) is 75.7 Å². The van der Waals surface area contributed by atoms with E-state index >= 15 is 0 Å². The molecule has 4 rings (SSSR count). The third kappa shape index (κ3) is 3.86. The Morgan fingerprint density at radius 2 is 2.00 bits per heavy atom. The summed E-state index contributed by atoms with van der Waals surface area (Å²) in [6.07, 6.45) is 9.92. The largest absolute Gasteiger partial charge is 0.478 e. The molecule has 4 nitrogen and oxygen atoms in total. The van der Waals surface area contributed by atoms with Crippen molar-refractivity contribution < 1.29 is 9.90 Å². The lowest BCUT2D eigenvalue weighted by Gasteiger charge is -2.37. The van der Waals surface area contributed by atoms with Crippen molar-refractivity contribution >= 4 is 47.5 Å². The molecule has 160 valence electrons. The van der Waals surface area contributed by atoms with E-state index in [9.17, 15) is 9.90 Å². The van der Waals surface area contributed by atoms with Crippen molar-refractivity contribution in [3.63, 3.8) is 0 Å². The molecule has 1 aliphatic heterocycles. The zero-order valence-electron chi connectivity index (χ0n) is 18.2. The van der Waals surface area contributed by atoms with E-state index in [2.05, 4.69) is 50.4 Å². The number of hydrogen-bond acceptors (Lipinski definition) is 4. The molecule has 2 aromatic rings. The Labute approximate surface area is 188 Å². The number of anilines is 1. The van der Waals surface area contributed by atoms with Crippen LogP contribution in [0.2, 0.25) is 13.1 Å². The quantitative estimate of drug-likeness (QED) is 0.352. The van der Waals surface area contributed by atoms with Gasteiger partial charge in [-0.1, -0.05) is 45.0 Å². The molecule has 0 atom stereocenters. The van der Waals surface area contributed by atoms with E-state index in [0.29, 0.717) is 5.56 Å². The normalized spacial score (nSPS) is 18.0. The number of thiophene rings is 1. The Morgan fingerprint density at radius 1 is 1.19 bits per heavy atom. The smallest absolute Gasteiger partial charge is 0.337 e. The highest BCUT2D eigenvalue weighted by molar-refractivity contribution is 7.11. The Morgan fingerprint density at radius 3 is 2.74 bits per heavy atom. The number of aromatic carboxylic acids is 1. The van der Waals surface area contributed by atoms with E-state index in [1.54, 1.807) is 6.07 Å². The van der Waals surface area contributed by atoms with Gasteiger partial charge >= 0.3 is 5.97 Å². The SMILES string of the molecule is CCCCC/N=C1/C=CC2=C(c3sccc3C(=O)O)c3ccc(N)cc3[Si](C)(C)C2=C1. The van der Waals surface area contributed by atoms with Crippen LogP contribution >= 0.6 is 11.3 Å². The van der Waals surface area contributed by atoms with Gasteiger partial charge < -0.3 is 10.8 Å². The second-order valence-electron chi connectivity index (χ2n) is 8.59. The average Bonchev–Trinajstić information content (AvgIpc) is 3.22. The minimum absolute atomic E-state index is 0.350. The van der Waals surface area contributed by atoms with Crippen molar-refractivity contribution in [3.05, 3.63) is 74.6 Å². The summed E-state index contributed by atoms with van der Waals surface area (Å²) >= 11 is 1.48. The first kappa shape index (κ1) is 21.5. The van der Waals surface area contributed by atoms with Crippen molar-refractivity contribution in [1.82, 2.24) is 0 Å². The van der Waals surface area contributed by atoms with Crippen LogP contribution in [0, 0.1) is 0 Å². The number of allylic oxidation sites excluding steroid dienone is 5. The first-order chi connectivity index (χ1) is 14.8. The molecular formula is C25H28N2O2SSi. The van der Waals surface area contributed by atoms with Gasteiger partial charge in [0.25, 0.3) is 0 Å². The molecule has 0 saturated carbocycles. The number of nitrogen functional groups attached to an aromatic ring is 1. The van der Waals surface area contributed by atoms with E-state index in [4.69, 9.17) is 10.7 Å². The lowest BCUT2D eigenvalue weighted by molar-refractivity contribution is 0.0697. The van der Waals surface area contributed by atoms with E-state index in [1.807, 2.05) is 11.4 Å².